The molecule has 0 aliphatic heterocycles. The molecule has 0 bridgehead atoms. The number of halogens is 3. The van der Waals surface area contributed by atoms with E-state index in [9.17, 15) is 13.6 Å². The Labute approximate surface area is 113 Å². The highest BCUT2D eigenvalue weighted by Crippen LogP contribution is 2.21. The van der Waals surface area contributed by atoms with Crippen LogP contribution in [-0.4, -0.2) is 20.7 Å². The van der Waals surface area contributed by atoms with Crippen LogP contribution in [0.1, 0.15) is 13.3 Å². The second-order valence-corrected chi connectivity index (χ2v) is 4.77. The Morgan fingerprint density at radius 3 is 2.58 bits per heavy atom. The Hall–Kier alpha value is -1.69. The van der Waals surface area contributed by atoms with E-state index in [0.29, 0.717) is 16.4 Å². The molecule has 0 saturated heterocycles. The maximum atomic E-state index is 12.9. The van der Waals surface area contributed by atoms with Gasteiger partial charge in [-0.1, -0.05) is 11.6 Å². The molecule has 1 aromatic heterocycles. The predicted octanol–water partition coefficient (Wildman–Crippen LogP) is 2.94. The lowest BCUT2D eigenvalue weighted by Gasteiger charge is -2.11. The van der Waals surface area contributed by atoms with Gasteiger partial charge >= 0.3 is 5.69 Å². The normalized spacial score (nSPS) is 11.8. The van der Waals surface area contributed by atoms with Crippen LogP contribution >= 0.6 is 11.6 Å². The van der Waals surface area contributed by atoms with Crippen molar-refractivity contribution in [3.05, 3.63) is 39.8 Å². The van der Waals surface area contributed by atoms with E-state index in [-0.39, 0.29) is 6.54 Å². The Morgan fingerprint density at radius 2 is 2.00 bits per heavy atom. The Kier molecular flexibility index (Phi) is 3.71. The minimum atomic E-state index is -2.83. The minimum Gasteiger partial charge on any atom is -0.275 e. The van der Waals surface area contributed by atoms with Crippen molar-refractivity contribution in [1.82, 2.24) is 14.8 Å². The molecular formula is C12H12ClF2N3O. The van der Waals surface area contributed by atoms with Gasteiger partial charge in [0.2, 0.25) is 5.92 Å². The van der Waals surface area contributed by atoms with Gasteiger partial charge in [0.1, 0.15) is 0 Å². The first-order valence-electron chi connectivity index (χ1n) is 5.66. The van der Waals surface area contributed by atoms with Gasteiger partial charge in [0, 0.05) is 23.6 Å². The van der Waals surface area contributed by atoms with Gasteiger partial charge in [0.25, 0.3) is 0 Å². The SMILES string of the molecule is CC(F)(F)CCn1c(-c2ccc(Cl)cc2)n[nH]c1=O. The van der Waals surface area contributed by atoms with E-state index >= 15 is 0 Å². The molecule has 0 amide bonds. The van der Waals surface area contributed by atoms with Crippen LogP contribution in [0.3, 0.4) is 0 Å². The average molecular weight is 288 g/mol. The fourth-order valence-electron chi connectivity index (χ4n) is 1.65. The fraction of sp³-hybridized carbons (Fsp3) is 0.333. The van der Waals surface area contributed by atoms with Crippen LogP contribution in [0.15, 0.2) is 29.1 Å². The van der Waals surface area contributed by atoms with Gasteiger partial charge in [0.05, 0.1) is 0 Å². The summed E-state index contributed by atoms with van der Waals surface area (Å²) in [5.74, 6) is -2.50. The molecule has 7 heteroatoms. The summed E-state index contributed by atoms with van der Waals surface area (Å²) in [6, 6.07) is 6.65. The van der Waals surface area contributed by atoms with E-state index in [2.05, 4.69) is 10.2 Å². The first-order chi connectivity index (χ1) is 8.87. The van der Waals surface area contributed by atoms with Crippen molar-refractivity contribution < 1.29 is 8.78 Å². The van der Waals surface area contributed by atoms with E-state index in [1.807, 2.05) is 0 Å². The van der Waals surface area contributed by atoms with Crippen molar-refractivity contribution in [3.63, 3.8) is 0 Å². The molecule has 0 radical (unpaired) electrons. The third-order valence-electron chi connectivity index (χ3n) is 2.64. The topological polar surface area (TPSA) is 50.7 Å². The smallest absolute Gasteiger partial charge is 0.275 e. The lowest BCUT2D eigenvalue weighted by Crippen LogP contribution is -2.22. The highest BCUT2D eigenvalue weighted by Gasteiger charge is 2.22. The van der Waals surface area contributed by atoms with Gasteiger partial charge in [-0.05, 0) is 31.2 Å². The van der Waals surface area contributed by atoms with Crippen molar-refractivity contribution in [1.29, 1.82) is 0 Å². The summed E-state index contributed by atoms with van der Waals surface area (Å²) in [4.78, 5) is 11.6. The molecule has 0 aliphatic carbocycles. The first-order valence-corrected chi connectivity index (χ1v) is 6.03. The number of alkyl halides is 2. The maximum Gasteiger partial charge on any atom is 0.343 e. The van der Waals surface area contributed by atoms with E-state index in [0.717, 1.165) is 6.92 Å². The summed E-state index contributed by atoms with van der Waals surface area (Å²) >= 11 is 5.77. The molecule has 0 saturated carbocycles. The first kappa shape index (κ1) is 13.7. The quantitative estimate of drug-likeness (QED) is 0.940. The molecule has 1 N–H and O–H groups in total. The zero-order chi connectivity index (χ0) is 14.0. The number of H-pyrrole nitrogens is 1. The van der Waals surface area contributed by atoms with Crippen LogP contribution in [0, 0.1) is 0 Å². The van der Waals surface area contributed by atoms with Crippen molar-refractivity contribution in [2.24, 2.45) is 0 Å². The Morgan fingerprint density at radius 1 is 1.37 bits per heavy atom. The highest BCUT2D eigenvalue weighted by atomic mass is 35.5. The zero-order valence-corrected chi connectivity index (χ0v) is 10.9. The van der Waals surface area contributed by atoms with Crippen LogP contribution in [0.4, 0.5) is 8.78 Å². The monoisotopic (exact) mass is 287 g/mol. The molecule has 0 unspecified atom stereocenters. The third-order valence-corrected chi connectivity index (χ3v) is 2.89. The van der Waals surface area contributed by atoms with E-state index < -0.39 is 18.0 Å². The van der Waals surface area contributed by atoms with Crippen LogP contribution in [0.25, 0.3) is 11.4 Å². The number of rotatable bonds is 4. The van der Waals surface area contributed by atoms with Crippen molar-refractivity contribution in [2.75, 3.05) is 0 Å². The van der Waals surface area contributed by atoms with Crippen LogP contribution < -0.4 is 5.69 Å². The summed E-state index contributed by atoms with van der Waals surface area (Å²) in [5.41, 5.74) is 0.136. The second kappa shape index (κ2) is 5.13. The number of nitrogens with one attached hydrogen (secondary N) is 1. The van der Waals surface area contributed by atoms with E-state index in [1.54, 1.807) is 24.3 Å². The standard InChI is InChI=1S/C12H12ClF2N3O/c1-12(14,15)6-7-18-10(16-17-11(18)19)8-2-4-9(13)5-3-8/h2-5H,6-7H2,1H3,(H,17,19). The molecule has 1 aromatic carbocycles. The molecule has 19 heavy (non-hydrogen) atoms. The summed E-state index contributed by atoms with van der Waals surface area (Å²) in [7, 11) is 0. The number of hydrogen-bond acceptors (Lipinski definition) is 2. The summed E-state index contributed by atoms with van der Waals surface area (Å²) in [5, 5.41) is 6.67. The van der Waals surface area contributed by atoms with Crippen molar-refractivity contribution in [2.45, 2.75) is 25.8 Å². The molecule has 102 valence electrons. The minimum absolute atomic E-state index is 0.100. The molecule has 0 aliphatic rings. The van der Waals surface area contributed by atoms with E-state index in [1.165, 1.54) is 4.57 Å². The number of aromatic amines is 1. The third kappa shape index (κ3) is 3.41. The van der Waals surface area contributed by atoms with Crippen LogP contribution in [0.5, 0.6) is 0 Å². The van der Waals surface area contributed by atoms with Gasteiger partial charge in [0.15, 0.2) is 5.82 Å². The van der Waals surface area contributed by atoms with Crippen molar-refractivity contribution in [3.8, 4) is 11.4 Å². The molecule has 0 spiro atoms. The zero-order valence-electron chi connectivity index (χ0n) is 10.2. The molecule has 0 fully saturated rings. The second-order valence-electron chi connectivity index (χ2n) is 4.33. The van der Waals surface area contributed by atoms with Gasteiger partial charge in [-0.25, -0.2) is 18.7 Å². The Bertz CT molecular complexity index is 613. The number of aromatic nitrogens is 3. The Balaban J connectivity index is 2.32. The largest absolute Gasteiger partial charge is 0.343 e. The molecule has 1 heterocycles. The van der Waals surface area contributed by atoms with E-state index in [4.69, 9.17) is 11.6 Å². The summed E-state index contributed by atoms with van der Waals surface area (Å²) < 4.78 is 26.9. The van der Waals surface area contributed by atoms with Crippen molar-refractivity contribution >= 4 is 11.6 Å². The maximum absolute atomic E-state index is 12.9. The van der Waals surface area contributed by atoms with Crippen LogP contribution in [0.2, 0.25) is 5.02 Å². The average Bonchev–Trinajstić information content (AvgIpc) is 2.68. The molecular weight excluding hydrogens is 276 g/mol. The van der Waals surface area contributed by atoms with Crippen LogP contribution in [-0.2, 0) is 6.54 Å². The highest BCUT2D eigenvalue weighted by molar-refractivity contribution is 6.30. The fourth-order valence-corrected chi connectivity index (χ4v) is 1.78. The molecule has 2 aromatic rings. The molecule has 2 rings (SSSR count). The van der Waals surface area contributed by atoms with Gasteiger partial charge < -0.3 is 0 Å². The molecule has 0 atom stereocenters. The number of hydrogen-bond donors (Lipinski definition) is 1. The van der Waals surface area contributed by atoms with Gasteiger partial charge in [-0.3, -0.25) is 4.57 Å². The predicted molar refractivity (Wildman–Crippen MR) is 68.5 cm³/mol. The van der Waals surface area contributed by atoms with Gasteiger partial charge in [-0.2, -0.15) is 5.10 Å². The number of nitrogens with zero attached hydrogens (tertiary/aromatic N) is 2. The lowest BCUT2D eigenvalue weighted by molar-refractivity contribution is 0.00859. The summed E-state index contributed by atoms with van der Waals surface area (Å²) in [6.45, 7) is 0.719. The molecule has 4 nitrogen and oxygen atoms in total. The van der Waals surface area contributed by atoms with Gasteiger partial charge in [-0.15, -0.1) is 0 Å². The lowest BCUT2D eigenvalue weighted by atomic mass is 10.2. The summed E-state index contributed by atoms with van der Waals surface area (Å²) in [6.07, 6.45) is -0.424. The number of benzene rings is 1.